The van der Waals surface area contributed by atoms with Gasteiger partial charge in [-0.1, -0.05) is 123 Å². The topological polar surface area (TPSA) is 239 Å². The van der Waals surface area contributed by atoms with Crippen LogP contribution < -0.4 is 0 Å². The molecule has 0 bridgehead atoms. The van der Waals surface area contributed by atoms with Gasteiger partial charge in [-0.2, -0.15) is 0 Å². The van der Waals surface area contributed by atoms with Crippen molar-refractivity contribution in [2.24, 2.45) is 21.7 Å². The second kappa shape index (κ2) is 48.3. The third kappa shape index (κ3) is 119. The molecule has 4 N–H and O–H groups in total. The smallest absolute Gasteiger partial charge is 0.330 e. The summed E-state index contributed by atoms with van der Waals surface area (Å²) in [6.45, 7) is 38.2. The normalized spacial score (nSPS) is 14.9. The molecule has 6 rings (SSSR count). The summed E-state index contributed by atoms with van der Waals surface area (Å²) in [6, 6.07) is 0. The maximum atomic E-state index is 9.93. The van der Waals surface area contributed by atoms with Crippen molar-refractivity contribution < 1.29 is 77.6 Å². The second-order valence-electron chi connectivity index (χ2n) is 20.2. The molecule has 0 spiro atoms. The molecule has 0 atom stereocenters. The summed E-state index contributed by atoms with van der Waals surface area (Å²) in [7, 11) is 0. The van der Waals surface area contributed by atoms with E-state index >= 15 is 0 Å². The summed E-state index contributed by atoms with van der Waals surface area (Å²) in [5.74, 6) is -1.36. The van der Waals surface area contributed by atoms with Crippen molar-refractivity contribution in [3.8, 4) is 0 Å². The third-order valence-electron chi connectivity index (χ3n) is 4.40. The van der Waals surface area contributed by atoms with Crippen molar-refractivity contribution in [2.45, 2.75) is 124 Å². The average Bonchev–Trinajstić information content (AvgIpc) is 4.04. The number of rotatable bonds is 5. The fraction of sp³-hybridized carbons (Fsp3) is 0.615. The molecule has 6 aliphatic rings. The predicted octanol–water partition coefficient (Wildman–Crippen LogP) is 8.08. The number of carbonyl (C=O) groups excluding carboxylic acids is 6. The number of carbonyl (C=O) groups is 6. The van der Waals surface area contributed by atoms with Gasteiger partial charge in [0.05, 0.1) is 13.2 Å². The lowest BCUT2D eigenvalue weighted by Gasteiger charge is -2.05. The lowest BCUT2D eigenvalue weighted by molar-refractivity contribution is -0.135. The van der Waals surface area contributed by atoms with Crippen molar-refractivity contribution in [1.29, 1.82) is 0 Å². The van der Waals surface area contributed by atoms with Gasteiger partial charge in [0.15, 0.2) is 0 Å². The van der Waals surface area contributed by atoms with Crippen LogP contribution in [0.3, 0.4) is 0 Å². The molecule has 394 valence electrons. The van der Waals surface area contributed by atoms with Gasteiger partial charge in [0.25, 0.3) is 0 Å². The Morgan fingerprint density at radius 2 is 0.471 bits per heavy atom. The molecule has 0 saturated heterocycles. The Morgan fingerprint density at radius 1 is 0.338 bits per heavy atom. The summed E-state index contributed by atoms with van der Waals surface area (Å²) in [5, 5.41) is 32.2. The van der Waals surface area contributed by atoms with E-state index in [1.54, 1.807) is 36.5 Å². The molecule has 0 aromatic carbocycles. The number of cyclic esters (lactones) is 6. The molecule has 68 heavy (non-hydrogen) atoms. The highest BCUT2D eigenvalue weighted by atomic mass is 16.6. The summed E-state index contributed by atoms with van der Waals surface area (Å²) in [5.41, 5.74) is 2.00. The molecule has 6 heterocycles. The van der Waals surface area contributed by atoms with Crippen molar-refractivity contribution in [3.63, 3.8) is 0 Å². The van der Waals surface area contributed by atoms with E-state index < -0.39 is 0 Å². The molecule has 0 aliphatic carbocycles. The van der Waals surface area contributed by atoms with E-state index in [0.717, 1.165) is 12.8 Å². The first kappa shape index (κ1) is 74.4. The van der Waals surface area contributed by atoms with Crippen LogP contribution in [0.2, 0.25) is 0 Å². The van der Waals surface area contributed by atoms with E-state index in [4.69, 9.17) is 20.4 Å². The van der Waals surface area contributed by atoms with Gasteiger partial charge in [0.2, 0.25) is 0 Å². The van der Waals surface area contributed by atoms with Crippen molar-refractivity contribution in [2.75, 3.05) is 66.1 Å². The Balaban J connectivity index is -0.000000154. The van der Waals surface area contributed by atoms with E-state index in [2.05, 4.69) is 139 Å². The minimum Gasteiger partial charge on any atom is -0.458 e. The average molecular weight is 971 g/mol. The lowest BCUT2D eigenvalue weighted by atomic mass is 10.0. The van der Waals surface area contributed by atoms with E-state index in [9.17, 15) is 28.8 Å². The molecular formula is C52H90O16. The summed E-state index contributed by atoms with van der Waals surface area (Å²) in [4.78, 5) is 59.6. The molecule has 0 saturated carbocycles. The summed E-state index contributed by atoms with van der Waals surface area (Å²) in [6.07, 6.45) is 23.0. The van der Waals surface area contributed by atoms with Crippen LogP contribution in [-0.2, 0) is 57.2 Å². The van der Waals surface area contributed by atoms with Gasteiger partial charge in [-0.15, -0.1) is 0 Å². The van der Waals surface area contributed by atoms with Gasteiger partial charge >= 0.3 is 35.8 Å². The van der Waals surface area contributed by atoms with Gasteiger partial charge in [-0.3, -0.25) is 0 Å². The Hall–Kier alpha value is -5.16. The molecule has 6 aliphatic heterocycles. The van der Waals surface area contributed by atoms with Gasteiger partial charge < -0.3 is 48.8 Å². The van der Waals surface area contributed by atoms with Crippen LogP contribution in [0.4, 0.5) is 0 Å². The van der Waals surface area contributed by atoms with E-state index in [1.807, 2.05) is 0 Å². The zero-order valence-electron chi connectivity index (χ0n) is 44.3. The third-order valence-corrected chi connectivity index (χ3v) is 4.40. The minimum atomic E-state index is -0.227. The van der Waals surface area contributed by atoms with E-state index in [-0.39, 0.29) is 62.2 Å². The van der Waals surface area contributed by atoms with Crippen LogP contribution in [0.1, 0.15) is 124 Å². The van der Waals surface area contributed by atoms with Crippen molar-refractivity contribution in [1.82, 2.24) is 0 Å². The zero-order valence-corrected chi connectivity index (χ0v) is 44.3. The van der Waals surface area contributed by atoms with Gasteiger partial charge in [-0.25, -0.2) is 28.8 Å². The first-order chi connectivity index (χ1) is 31.2. The highest BCUT2D eigenvalue weighted by Crippen LogP contribution is 2.09. The van der Waals surface area contributed by atoms with Gasteiger partial charge in [-0.05, 0) is 71.0 Å². The van der Waals surface area contributed by atoms with Gasteiger partial charge in [0, 0.05) is 49.7 Å². The lowest BCUT2D eigenvalue weighted by Crippen LogP contribution is -1.93. The number of unbranched alkanes of at least 4 members (excludes halogenated alkanes) is 1. The first-order valence-electron chi connectivity index (χ1n) is 22.3. The number of hydrogen-bond donors (Lipinski definition) is 4. The highest BCUT2D eigenvalue weighted by molar-refractivity contribution is 5.85. The molecule has 16 nitrogen and oxygen atoms in total. The minimum absolute atomic E-state index is 0.0144. The summed E-state index contributed by atoms with van der Waals surface area (Å²) < 4.78 is 26.4. The maximum Gasteiger partial charge on any atom is 0.330 e. The Labute approximate surface area is 408 Å². The molecule has 0 aromatic heterocycles. The van der Waals surface area contributed by atoms with Crippen molar-refractivity contribution in [3.05, 3.63) is 85.1 Å². The molecule has 16 heteroatoms. The number of esters is 6. The molecule has 0 amide bonds. The SMILES string of the molecule is CC(C)(C)C.CC(C)(C)C.CC(C)(C)C.CC(C)(C)C.O=C1C=CCO1.O=C1C=CCO1.O=C1C=CCO1.O=C1C=CCO1.O=C1C=CCO1.O=C1C=CCO1.OC/C=C\CO.OCCCCO. The fourth-order valence-corrected chi connectivity index (χ4v) is 2.31. The van der Waals surface area contributed by atoms with Crippen LogP contribution in [-0.4, -0.2) is 122 Å². The van der Waals surface area contributed by atoms with Crippen LogP contribution in [0, 0.1) is 21.7 Å². The number of aliphatic hydroxyl groups is 4. The Morgan fingerprint density at radius 3 is 0.515 bits per heavy atom. The number of ether oxygens (including phenoxy) is 6. The monoisotopic (exact) mass is 971 g/mol. The van der Waals surface area contributed by atoms with Crippen LogP contribution in [0.5, 0.6) is 0 Å². The number of aliphatic hydroxyl groups excluding tert-OH is 4. The largest absolute Gasteiger partial charge is 0.458 e. The molecule has 0 radical (unpaired) electrons. The fourth-order valence-electron chi connectivity index (χ4n) is 2.31. The standard InChI is InChI=1S/4C5H12.6C4H4O2.C4H10O2.C4H8O2/c4*1-5(2,3)4;6*5-4-2-1-3-6-4;2*5-3-1-2-4-6/h4*1-4H3;6*1-2H,3H2;5-6H,1-4H2;1-2,5-6H,3-4H2/b;;;;;;;;;;;2-1-. The van der Waals surface area contributed by atoms with E-state index in [0.29, 0.717) is 61.3 Å². The van der Waals surface area contributed by atoms with Crippen molar-refractivity contribution >= 4 is 35.8 Å². The van der Waals surface area contributed by atoms with Crippen LogP contribution in [0.25, 0.3) is 0 Å². The molecule has 0 aromatic rings. The van der Waals surface area contributed by atoms with Gasteiger partial charge in [0.1, 0.15) is 39.6 Å². The maximum absolute atomic E-state index is 9.93. The first-order valence-corrected chi connectivity index (χ1v) is 22.3. The predicted molar refractivity (Wildman–Crippen MR) is 268 cm³/mol. The highest BCUT2D eigenvalue weighted by Gasteiger charge is 2.02. The molecule has 0 fully saturated rings. The second-order valence-corrected chi connectivity index (χ2v) is 20.2. The van der Waals surface area contributed by atoms with Crippen LogP contribution >= 0.6 is 0 Å². The van der Waals surface area contributed by atoms with Crippen LogP contribution in [0.15, 0.2) is 85.1 Å². The quantitative estimate of drug-likeness (QED) is 0.0881. The zero-order chi connectivity index (χ0) is 54.1. The molecule has 0 unspecified atom stereocenters. The summed E-state index contributed by atoms with van der Waals surface area (Å²) >= 11 is 0. The van der Waals surface area contributed by atoms with E-state index in [1.165, 1.54) is 48.6 Å². The Bertz CT molecular complexity index is 1220. The Kier molecular flexibility index (Phi) is 52.8. The molecular weight excluding hydrogens is 881 g/mol. The number of hydrogen-bond acceptors (Lipinski definition) is 16.